The number of carbonyl (C=O) groups excluding carboxylic acids is 1. The predicted molar refractivity (Wildman–Crippen MR) is 66.8 cm³/mol. The van der Waals surface area contributed by atoms with E-state index in [9.17, 15) is 15.0 Å². The van der Waals surface area contributed by atoms with Gasteiger partial charge in [0.05, 0.1) is 12.2 Å². The smallest absolute Gasteiger partial charge is 0.254 e. The lowest BCUT2D eigenvalue weighted by Gasteiger charge is -2.15. The number of aliphatic hydroxyl groups is 2. The van der Waals surface area contributed by atoms with E-state index in [2.05, 4.69) is 15.9 Å². The highest BCUT2D eigenvalue weighted by atomic mass is 79.9. The fraction of sp³-hybridized carbons (Fsp3) is 0.417. The molecule has 2 rings (SSSR count). The third kappa shape index (κ3) is 2.68. The molecule has 5 heteroatoms. The fourth-order valence-corrected chi connectivity index (χ4v) is 2.59. The van der Waals surface area contributed by atoms with E-state index < -0.39 is 12.2 Å². The van der Waals surface area contributed by atoms with E-state index in [0.717, 1.165) is 10.0 Å². The van der Waals surface area contributed by atoms with Crippen LogP contribution in [-0.2, 0) is 0 Å². The summed E-state index contributed by atoms with van der Waals surface area (Å²) < 4.78 is 0.848. The molecule has 1 heterocycles. The Morgan fingerprint density at radius 1 is 1.29 bits per heavy atom. The first-order valence-electron chi connectivity index (χ1n) is 5.40. The second kappa shape index (κ2) is 4.76. The Balaban J connectivity index is 2.20. The van der Waals surface area contributed by atoms with Crippen LogP contribution in [0, 0.1) is 6.92 Å². The molecule has 4 nitrogen and oxygen atoms in total. The number of nitrogens with zero attached hydrogens (tertiary/aromatic N) is 1. The van der Waals surface area contributed by atoms with Gasteiger partial charge in [-0.15, -0.1) is 0 Å². The molecule has 2 N–H and O–H groups in total. The van der Waals surface area contributed by atoms with Crippen molar-refractivity contribution in [2.75, 3.05) is 13.1 Å². The zero-order chi connectivity index (χ0) is 12.6. The third-order valence-corrected chi connectivity index (χ3v) is 3.29. The minimum atomic E-state index is -0.841. The zero-order valence-electron chi connectivity index (χ0n) is 9.43. The van der Waals surface area contributed by atoms with Gasteiger partial charge in [-0.3, -0.25) is 4.79 Å². The number of hydrogen-bond acceptors (Lipinski definition) is 3. The van der Waals surface area contributed by atoms with Crippen LogP contribution in [0.5, 0.6) is 0 Å². The van der Waals surface area contributed by atoms with Crippen LogP contribution in [0.15, 0.2) is 22.7 Å². The summed E-state index contributed by atoms with van der Waals surface area (Å²) in [6.07, 6.45) is -1.68. The van der Waals surface area contributed by atoms with Crippen LogP contribution in [0.25, 0.3) is 0 Å². The molecule has 0 spiro atoms. The van der Waals surface area contributed by atoms with Crippen molar-refractivity contribution in [1.29, 1.82) is 0 Å². The molecule has 1 aromatic rings. The molecule has 1 aromatic carbocycles. The number of hydrogen-bond donors (Lipinski definition) is 2. The van der Waals surface area contributed by atoms with Gasteiger partial charge in [0.1, 0.15) is 0 Å². The van der Waals surface area contributed by atoms with E-state index in [-0.39, 0.29) is 19.0 Å². The average Bonchev–Trinajstić information content (AvgIpc) is 2.57. The molecule has 0 aromatic heterocycles. The molecule has 1 amide bonds. The zero-order valence-corrected chi connectivity index (χ0v) is 11.0. The lowest BCUT2D eigenvalue weighted by atomic mass is 10.1. The van der Waals surface area contributed by atoms with Crippen molar-refractivity contribution in [2.24, 2.45) is 0 Å². The summed E-state index contributed by atoms with van der Waals surface area (Å²) in [5.41, 5.74) is 1.56. The maximum Gasteiger partial charge on any atom is 0.254 e. The fourth-order valence-electron chi connectivity index (χ4n) is 1.98. The van der Waals surface area contributed by atoms with Crippen molar-refractivity contribution in [1.82, 2.24) is 4.90 Å². The topological polar surface area (TPSA) is 60.8 Å². The van der Waals surface area contributed by atoms with Crippen LogP contribution >= 0.6 is 15.9 Å². The van der Waals surface area contributed by atoms with Gasteiger partial charge in [-0.1, -0.05) is 15.9 Å². The number of halogens is 1. The first-order valence-corrected chi connectivity index (χ1v) is 6.19. The van der Waals surface area contributed by atoms with Crippen LogP contribution in [-0.4, -0.2) is 46.3 Å². The molecule has 0 radical (unpaired) electrons. The third-order valence-electron chi connectivity index (χ3n) is 2.84. The van der Waals surface area contributed by atoms with Gasteiger partial charge in [-0.2, -0.15) is 0 Å². The maximum absolute atomic E-state index is 12.1. The van der Waals surface area contributed by atoms with Gasteiger partial charge in [-0.05, 0) is 30.7 Å². The molecule has 1 aliphatic rings. The summed E-state index contributed by atoms with van der Waals surface area (Å²) in [4.78, 5) is 13.6. The Labute approximate surface area is 108 Å². The largest absolute Gasteiger partial charge is 0.388 e. The molecule has 0 bridgehead atoms. The number of rotatable bonds is 1. The van der Waals surface area contributed by atoms with Gasteiger partial charge in [0, 0.05) is 23.1 Å². The number of likely N-dealkylation sites (tertiary alicyclic amines) is 1. The number of aryl methyl sites for hydroxylation is 1. The van der Waals surface area contributed by atoms with E-state index >= 15 is 0 Å². The number of β-amino-alcohol motifs (C(OH)–C–C–N with tert-alkyl or cyclic N) is 2. The molecule has 0 saturated carbocycles. The Hall–Kier alpha value is -0.910. The van der Waals surface area contributed by atoms with Crippen LogP contribution in [0.4, 0.5) is 0 Å². The van der Waals surface area contributed by atoms with Crippen molar-refractivity contribution in [3.63, 3.8) is 0 Å². The molecular formula is C12H14BrNO3. The van der Waals surface area contributed by atoms with Crippen molar-refractivity contribution in [2.45, 2.75) is 19.1 Å². The summed E-state index contributed by atoms with van der Waals surface area (Å²) in [7, 11) is 0. The molecule has 0 aliphatic carbocycles. The van der Waals surface area contributed by atoms with Gasteiger partial charge in [0.2, 0.25) is 0 Å². The SMILES string of the molecule is Cc1cc(Br)cc(C(=O)N2C[C@@H](O)[C@@H](O)C2)c1. The van der Waals surface area contributed by atoms with Gasteiger partial charge in [-0.25, -0.2) is 0 Å². The predicted octanol–water partition coefficient (Wildman–Crippen LogP) is 0.935. The Morgan fingerprint density at radius 2 is 1.88 bits per heavy atom. The highest BCUT2D eigenvalue weighted by Gasteiger charge is 2.32. The summed E-state index contributed by atoms with van der Waals surface area (Å²) >= 11 is 3.34. The second-order valence-electron chi connectivity index (χ2n) is 4.36. The van der Waals surface area contributed by atoms with E-state index in [1.54, 1.807) is 12.1 Å². The van der Waals surface area contributed by atoms with E-state index in [1.807, 2.05) is 13.0 Å². The molecule has 1 fully saturated rings. The summed E-state index contributed by atoms with van der Waals surface area (Å²) in [6, 6.07) is 5.46. The molecule has 2 atom stereocenters. The van der Waals surface area contributed by atoms with Crippen molar-refractivity contribution in [3.05, 3.63) is 33.8 Å². The molecule has 17 heavy (non-hydrogen) atoms. The summed E-state index contributed by atoms with van der Waals surface area (Å²) in [6.45, 7) is 2.28. The minimum Gasteiger partial charge on any atom is -0.388 e. The number of amides is 1. The lowest BCUT2D eigenvalue weighted by molar-refractivity contribution is 0.0572. The molecule has 0 unspecified atom stereocenters. The first kappa shape index (κ1) is 12.5. The standard InChI is InChI=1S/C12H14BrNO3/c1-7-2-8(4-9(13)3-7)12(17)14-5-10(15)11(16)6-14/h2-4,10-11,15-16H,5-6H2,1H3/t10-,11+. The highest BCUT2D eigenvalue weighted by Crippen LogP contribution is 2.19. The van der Waals surface area contributed by atoms with Crippen molar-refractivity contribution in [3.8, 4) is 0 Å². The van der Waals surface area contributed by atoms with E-state index in [4.69, 9.17) is 0 Å². The monoisotopic (exact) mass is 299 g/mol. The Morgan fingerprint density at radius 3 is 2.41 bits per heavy atom. The van der Waals surface area contributed by atoms with Crippen LogP contribution < -0.4 is 0 Å². The van der Waals surface area contributed by atoms with Gasteiger partial charge < -0.3 is 15.1 Å². The van der Waals surface area contributed by atoms with Crippen LogP contribution in [0.3, 0.4) is 0 Å². The van der Waals surface area contributed by atoms with Crippen LogP contribution in [0.1, 0.15) is 15.9 Å². The van der Waals surface area contributed by atoms with Crippen molar-refractivity contribution < 1.29 is 15.0 Å². The number of aliphatic hydroxyl groups excluding tert-OH is 2. The van der Waals surface area contributed by atoms with Gasteiger partial charge in [0.15, 0.2) is 0 Å². The van der Waals surface area contributed by atoms with Gasteiger partial charge >= 0.3 is 0 Å². The normalized spacial score (nSPS) is 24.1. The number of carbonyl (C=O) groups is 1. The van der Waals surface area contributed by atoms with E-state index in [1.165, 1.54) is 4.90 Å². The van der Waals surface area contributed by atoms with E-state index in [0.29, 0.717) is 5.56 Å². The minimum absolute atomic E-state index is 0.162. The molecule has 92 valence electrons. The Bertz CT molecular complexity index is 419. The summed E-state index contributed by atoms with van der Waals surface area (Å²) in [5, 5.41) is 18.8. The molecule has 1 aliphatic heterocycles. The van der Waals surface area contributed by atoms with Crippen molar-refractivity contribution >= 4 is 21.8 Å². The second-order valence-corrected chi connectivity index (χ2v) is 5.28. The highest BCUT2D eigenvalue weighted by molar-refractivity contribution is 9.10. The maximum atomic E-state index is 12.1. The van der Waals surface area contributed by atoms with Crippen LogP contribution in [0.2, 0.25) is 0 Å². The average molecular weight is 300 g/mol. The molecule has 1 saturated heterocycles. The molecular weight excluding hydrogens is 286 g/mol. The first-order chi connectivity index (χ1) is 7.97. The number of benzene rings is 1. The quantitative estimate of drug-likeness (QED) is 0.811. The summed E-state index contributed by atoms with van der Waals surface area (Å²) in [5.74, 6) is -0.162. The van der Waals surface area contributed by atoms with Gasteiger partial charge in [0.25, 0.3) is 5.91 Å². The lowest BCUT2D eigenvalue weighted by Crippen LogP contribution is -2.29. The Kier molecular flexibility index (Phi) is 3.51.